The van der Waals surface area contributed by atoms with E-state index in [1.807, 2.05) is 87.6 Å². The van der Waals surface area contributed by atoms with Crippen LogP contribution >= 0.6 is 0 Å². The van der Waals surface area contributed by atoms with Crippen LogP contribution in [0.3, 0.4) is 0 Å². The van der Waals surface area contributed by atoms with E-state index in [-0.39, 0.29) is 20.1 Å². The van der Waals surface area contributed by atoms with E-state index in [0.29, 0.717) is 0 Å². The molecule has 4 nitrogen and oxygen atoms in total. The van der Waals surface area contributed by atoms with E-state index in [4.69, 9.17) is 12.1 Å². The SMILES string of the molecule is Cc1cccc(C)c1-n1c(-c2[c-]ccc3c2oc2ccccc23)nc2ccccc21.[2H]C([2H])(c1cc(-c2[c-]cccc2)nc[c]1[Ge]([CH3])([CH3])[CH3])C(C)(C)C.[Ir]. The summed E-state index contributed by atoms with van der Waals surface area (Å²) in [5.74, 6) is 7.70. The van der Waals surface area contributed by atoms with Crippen molar-refractivity contribution in [1.82, 2.24) is 14.5 Å². The van der Waals surface area contributed by atoms with Crippen molar-refractivity contribution in [2.45, 2.75) is 58.3 Å². The van der Waals surface area contributed by atoms with Crippen LogP contribution in [0.4, 0.5) is 0 Å². The molecule has 1 radical (unpaired) electrons. The van der Waals surface area contributed by atoms with Gasteiger partial charge in [0.1, 0.15) is 5.58 Å². The second-order valence-corrected chi connectivity index (χ2v) is 25.8. The Morgan fingerprint density at radius 1 is 0.808 bits per heavy atom. The molecule has 0 saturated carbocycles. The zero-order chi connectivity index (χ0) is 37.7. The van der Waals surface area contributed by atoms with Crippen LogP contribution in [0, 0.1) is 31.4 Å². The number of fused-ring (bicyclic) bond motifs is 4. The average Bonchev–Trinajstić information content (AvgIpc) is 3.70. The number of aryl methyl sites for hydroxylation is 2. The fraction of sp³-hybridized carbons (Fsp3) is 0.217. The van der Waals surface area contributed by atoms with Gasteiger partial charge in [0.15, 0.2) is 0 Å². The Balaban J connectivity index is 0.000000188. The third-order valence-corrected chi connectivity index (χ3v) is 13.2. The molecule has 0 bridgehead atoms. The van der Waals surface area contributed by atoms with Crippen molar-refractivity contribution in [3.8, 4) is 28.3 Å². The number of nitrogens with zero attached hydrogens (tertiary/aromatic N) is 3. The minimum atomic E-state index is -2.24. The zero-order valence-corrected chi connectivity index (χ0v) is 35.5. The molecule has 0 atom stereocenters. The first-order valence-electron chi connectivity index (χ1n) is 18.5. The van der Waals surface area contributed by atoms with Gasteiger partial charge in [-0.2, -0.15) is 0 Å². The summed E-state index contributed by atoms with van der Waals surface area (Å²) in [5.41, 5.74) is 10.2. The van der Waals surface area contributed by atoms with Gasteiger partial charge in [-0.05, 0) is 43.2 Å². The van der Waals surface area contributed by atoms with Crippen molar-refractivity contribution >= 4 is 50.6 Å². The van der Waals surface area contributed by atoms with Crippen molar-refractivity contribution in [2.75, 3.05) is 0 Å². The van der Waals surface area contributed by atoms with Gasteiger partial charge in [0.2, 0.25) is 0 Å². The van der Waals surface area contributed by atoms with Crippen molar-refractivity contribution < 1.29 is 27.3 Å². The van der Waals surface area contributed by atoms with E-state index in [9.17, 15) is 0 Å². The van der Waals surface area contributed by atoms with Gasteiger partial charge in [-0.25, -0.2) is 0 Å². The summed E-state index contributed by atoms with van der Waals surface area (Å²) in [7, 11) is 0. The summed E-state index contributed by atoms with van der Waals surface area (Å²) in [6, 6.07) is 43.1. The van der Waals surface area contributed by atoms with Crippen LogP contribution in [0.15, 0.2) is 120 Å². The van der Waals surface area contributed by atoms with Crippen LogP contribution in [0.5, 0.6) is 0 Å². The number of hydrogen-bond donors (Lipinski definition) is 0. The summed E-state index contributed by atoms with van der Waals surface area (Å²) < 4.78 is 27.2. The van der Waals surface area contributed by atoms with Crippen LogP contribution in [-0.2, 0) is 26.5 Å². The standard InChI is InChI=1S/C27H19N2O.C19H26GeN.Ir/c1-17-9-7-10-18(2)25(17)29-23-15-5-4-14-22(23)28-27(29)21-13-8-12-20-19-11-3-6-16-24(19)30-26(20)21;1-19(2,3)13-16-12-18(15-10-8-7-9-11-15)21-14-17(16)20(4,5)6;/h3-12,14-16H,1-2H3;7-10,12,14H,13H2,1-6H3;/q2*-1;/i;13D2;. The molecule has 52 heavy (non-hydrogen) atoms. The second-order valence-electron chi connectivity index (χ2n) is 15.2. The number of hydrogen-bond acceptors (Lipinski definition) is 3. The predicted octanol–water partition coefficient (Wildman–Crippen LogP) is 11.7. The molecule has 6 heteroatoms. The molecule has 0 saturated heterocycles. The molecular weight excluding hydrogens is 875 g/mol. The molecule has 3 aromatic heterocycles. The molecular formula is C46H45GeIrN3O-2. The van der Waals surface area contributed by atoms with Crippen molar-refractivity contribution in [2.24, 2.45) is 5.41 Å². The van der Waals surface area contributed by atoms with Crippen LogP contribution in [-0.4, -0.2) is 27.8 Å². The van der Waals surface area contributed by atoms with Gasteiger partial charge in [-0.1, -0.05) is 59.5 Å². The number of pyridine rings is 1. The summed E-state index contributed by atoms with van der Waals surface area (Å²) in [5, 5.41) is 2.19. The third kappa shape index (κ3) is 7.59. The smallest absolute Gasteiger partial charge is 0 e. The summed E-state index contributed by atoms with van der Waals surface area (Å²) in [4.78, 5) is 9.65. The first-order chi connectivity index (χ1) is 25.2. The Morgan fingerprint density at radius 3 is 2.23 bits per heavy atom. The van der Waals surface area contributed by atoms with Gasteiger partial charge in [0.05, 0.1) is 22.4 Å². The van der Waals surface area contributed by atoms with Crippen molar-refractivity contribution in [3.63, 3.8) is 0 Å². The molecule has 0 amide bonds. The Labute approximate surface area is 326 Å². The van der Waals surface area contributed by atoms with E-state index in [2.05, 4.69) is 101 Å². The van der Waals surface area contributed by atoms with Crippen LogP contribution < -0.4 is 4.40 Å². The second kappa shape index (κ2) is 15.0. The maximum atomic E-state index is 8.76. The molecule has 0 N–H and O–H groups in total. The fourth-order valence-electron chi connectivity index (χ4n) is 6.70. The number of aromatic nitrogens is 3. The average molecular weight is 923 g/mol. The summed E-state index contributed by atoms with van der Waals surface area (Å²) in [6.07, 6.45) is 0.502. The molecule has 0 unspecified atom stereocenters. The molecule has 8 aromatic rings. The Morgan fingerprint density at radius 2 is 1.52 bits per heavy atom. The minimum Gasteiger partial charge on any atom is 0 e. The number of imidazole rings is 1. The van der Waals surface area contributed by atoms with Crippen LogP contribution in [0.1, 0.15) is 40.2 Å². The number of benzene rings is 5. The molecule has 0 aliphatic heterocycles. The maximum absolute atomic E-state index is 8.76. The molecule has 8 rings (SSSR count). The molecule has 0 fully saturated rings. The normalized spacial score (nSPS) is 12.6. The molecule has 3 heterocycles. The Bertz CT molecular complexity index is 2580. The van der Waals surface area contributed by atoms with Crippen LogP contribution in [0.25, 0.3) is 61.3 Å². The molecule has 265 valence electrons. The van der Waals surface area contributed by atoms with Crippen molar-refractivity contribution in [1.29, 1.82) is 0 Å². The first kappa shape index (κ1) is 34.8. The van der Waals surface area contributed by atoms with Gasteiger partial charge in [0.25, 0.3) is 0 Å². The summed E-state index contributed by atoms with van der Waals surface area (Å²) >= 11 is -2.24. The topological polar surface area (TPSA) is 43.9 Å². The van der Waals surface area contributed by atoms with Crippen molar-refractivity contribution in [3.05, 3.63) is 144 Å². The molecule has 0 aliphatic carbocycles. The van der Waals surface area contributed by atoms with Gasteiger partial charge in [-0.3, -0.25) is 4.98 Å². The van der Waals surface area contributed by atoms with E-state index in [0.717, 1.165) is 71.3 Å². The Hall–Kier alpha value is -4.29. The van der Waals surface area contributed by atoms with Crippen LogP contribution in [0.2, 0.25) is 17.3 Å². The third-order valence-electron chi connectivity index (χ3n) is 8.99. The first-order valence-corrected chi connectivity index (χ1v) is 24.9. The molecule has 5 aromatic carbocycles. The van der Waals surface area contributed by atoms with E-state index < -0.39 is 25.1 Å². The quantitative estimate of drug-likeness (QED) is 0.128. The number of rotatable bonds is 5. The fourth-order valence-corrected chi connectivity index (χ4v) is 9.62. The monoisotopic (exact) mass is 924 g/mol. The zero-order valence-electron chi connectivity index (χ0n) is 33.1. The molecule has 0 spiro atoms. The Kier molecular flexibility index (Phi) is 10.0. The predicted molar refractivity (Wildman–Crippen MR) is 217 cm³/mol. The number of furan rings is 1. The summed E-state index contributed by atoms with van der Waals surface area (Å²) in [6.45, 7) is 10.2. The largest absolute Gasteiger partial charge is 0 e. The van der Waals surface area contributed by atoms with E-state index in [1.54, 1.807) is 0 Å². The van der Waals surface area contributed by atoms with Gasteiger partial charge < -0.3 is 8.98 Å². The van der Waals surface area contributed by atoms with E-state index >= 15 is 0 Å². The maximum Gasteiger partial charge on any atom is 0 e. The van der Waals surface area contributed by atoms with Gasteiger partial charge >= 0.3 is 135 Å². The molecule has 0 aliphatic rings. The van der Waals surface area contributed by atoms with Gasteiger partial charge in [0, 0.05) is 31.2 Å². The van der Waals surface area contributed by atoms with Gasteiger partial charge in [-0.15, -0.1) is 18.2 Å². The van der Waals surface area contributed by atoms with E-state index in [1.165, 1.54) is 11.1 Å². The minimum absolute atomic E-state index is 0. The number of para-hydroxylation sites is 4.